The van der Waals surface area contributed by atoms with E-state index in [1.807, 2.05) is 30.4 Å². The lowest BCUT2D eigenvalue weighted by atomic mass is 10.2. The second kappa shape index (κ2) is 8.67. The smallest absolute Gasteiger partial charge is 0.339 e. The van der Waals surface area contributed by atoms with Crippen LogP contribution in [0.3, 0.4) is 0 Å². The minimum absolute atomic E-state index is 0.136. The van der Waals surface area contributed by atoms with E-state index in [1.54, 1.807) is 6.92 Å². The van der Waals surface area contributed by atoms with Crippen LogP contribution < -0.4 is 5.56 Å². The van der Waals surface area contributed by atoms with Gasteiger partial charge in [0.1, 0.15) is 13.2 Å². The standard InChI is InChI=1S/C18H19NO5/c1-2-23-17(21)12-19-11-15(9-10-16(19)20)18(22)24-13-14-7-5-3-4-6-8-14/h3,5-11H,2,4,12-13H2,1H3. The highest BCUT2D eigenvalue weighted by atomic mass is 16.5. The van der Waals surface area contributed by atoms with Crippen molar-refractivity contribution in [1.82, 2.24) is 4.57 Å². The molecule has 1 aromatic heterocycles. The van der Waals surface area contributed by atoms with Crippen LogP contribution in [-0.2, 0) is 20.8 Å². The van der Waals surface area contributed by atoms with E-state index in [9.17, 15) is 14.4 Å². The van der Waals surface area contributed by atoms with E-state index in [0.717, 1.165) is 16.6 Å². The van der Waals surface area contributed by atoms with Gasteiger partial charge in [0.15, 0.2) is 0 Å². The Morgan fingerprint density at radius 1 is 1.21 bits per heavy atom. The van der Waals surface area contributed by atoms with Crippen molar-refractivity contribution in [2.24, 2.45) is 0 Å². The van der Waals surface area contributed by atoms with Gasteiger partial charge in [-0.1, -0.05) is 30.4 Å². The molecule has 0 radical (unpaired) electrons. The van der Waals surface area contributed by atoms with Gasteiger partial charge in [0.2, 0.25) is 0 Å². The van der Waals surface area contributed by atoms with E-state index in [1.165, 1.54) is 18.3 Å². The molecule has 0 aliphatic heterocycles. The first-order valence-corrected chi connectivity index (χ1v) is 7.65. The molecular weight excluding hydrogens is 310 g/mol. The van der Waals surface area contributed by atoms with E-state index >= 15 is 0 Å². The van der Waals surface area contributed by atoms with Crippen LogP contribution in [0.2, 0.25) is 0 Å². The molecule has 1 aromatic rings. The SMILES string of the molecule is CCOC(=O)Cn1cc(C(=O)OCC2=CC=CCC=C2)ccc1=O. The number of rotatable bonds is 6. The van der Waals surface area contributed by atoms with Gasteiger partial charge in [-0.2, -0.15) is 0 Å². The predicted molar refractivity (Wildman–Crippen MR) is 88.6 cm³/mol. The molecule has 1 aliphatic rings. The minimum Gasteiger partial charge on any atom is -0.465 e. The summed E-state index contributed by atoms with van der Waals surface area (Å²) < 4.78 is 11.2. The van der Waals surface area contributed by atoms with Crippen LogP contribution in [0.1, 0.15) is 23.7 Å². The highest BCUT2D eigenvalue weighted by molar-refractivity contribution is 5.89. The highest BCUT2D eigenvalue weighted by Gasteiger charge is 2.12. The average Bonchev–Trinajstić information content (AvgIpc) is 2.83. The first-order chi connectivity index (χ1) is 11.6. The minimum atomic E-state index is -0.560. The summed E-state index contributed by atoms with van der Waals surface area (Å²) in [7, 11) is 0. The second-order valence-electron chi connectivity index (χ2n) is 5.07. The lowest BCUT2D eigenvalue weighted by molar-refractivity contribution is -0.143. The van der Waals surface area contributed by atoms with Crippen molar-refractivity contribution in [3.8, 4) is 0 Å². The lowest BCUT2D eigenvalue weighted by Crippen LogP contribution is -2.25. The van der Waals surface area contributed by atoms with Crippen LogP contribution in [0.15, 0.2) is 59.1 Å². The molecule has 6 nitrogen and oxygen atoms in total. The first-order valence-electron chi connectivity index (χ1n) is 7.65. The Kier molecular flexibility index (Phi) is 6.31. The maximum Gasteiger partial charge on any atom is 0.339 e. The molecule has 2 rings (SSSR count). The molecule has 24 heavy (non-hydrogen) atoms. The van der Waals surface area contributed by atoms with Gasteiger partial charge in [0.05, 0.1) is 12.2 Å². The molecule has 0 unspecified atom stereocenters. The molecule has 0 N–H and O–H groups in total. The maximum atomic E-state index is 12.1. The van der Waals surface area contributed by atoms with Crippen molar-refractivity contribution in [2.45, 2.75) is 19.9 Å². The summed E-state index contributed by atoms with van der Waals surface area (Å²) in [5.74, 6) is -1.10. The molecule has 0 fully saturated rings. The zero-order chi connectivity index (χ0) is 17.4. The van der Waals surface area contributed by atoms with Gasteiger partial charge in [-0.15, -0.1) is 0 Å². The van der Waals surface area contributed by atoms with Gasteiger partial charge in [-0.05, 0) is 25.0 Å². The van der Waals surface area contributed by atoms with E-state index in [-0.39, 0.29) is 30.9 Å². The largest absolute Gasteiger partial charge is 0.465 e. The van der Waals surface area contributed by atoms with Gasteiger partial charge < -0.3 is 14.0 Å². The Morgan fingerprint density at radius 2 is 2.04 bits per heavy atom. The topological polar surface area (TPSA) is 74.6 Å². The Balaban J connectivity index is 2.04. The summed E-state index contributed by atoms with van der Waals surface area (Å²) in [4.78, 5) is 35.4. The quantitative estimate of drug-likeness (QED) is 0.746. The van der Waals surface area contributed by atoms with Crippen LogP contribution in [0.25, 0.3) is 0 Å². The molecule has 0 saturated heterocycles. The van der Waals surface area contributed by atoms with E-state index in [4.69, 9.17) is 9.47 Å². The fourth-order valence-corrected chi connectivity index (χ4v) is 2.07. The summed E-state index contributed by atoms with van der Waals surface area (Å²) in [5.41, 5.74) is 0.684. The summed E-state index contributed by atoms with van der Waals surface area (Å²) in [6.45, 7) is 1.80. The molecule has 1 heterocycles. The van der Waals surface area contributed by atoms with E-state index < -0.39 is 11.9 Å². The third-order valence-corrected chi connectivity index (χ3v) is 3.24. The summed E-state index contributed by atoms with van der Waals surface area (Å²) in [6.07, 6.45) is 11.8. The Morgan fingerprint density at radius 3 is 2.83 bits per heavy atom. The van der Waals surface area contributed by atoms with Gasteiger partial charge in [-0.3, -0.25) is 9.59 Å². The lowest BCUT2D eigenvalue weighted by Gasteiger charge is -2.08. The van der Waals surface area contributed by atoms with Crippen LogP contribution >= 0.6 is 0 Å². The molecule has 0 aromatic carbocycles. The molecule has 126 valence electrons. The van der Waals surface area contributed by atoms with E-state index in [0.29, 0.717) is 0 Å². The average molecular weight is 329 g/mol. The summed E-state index contributed by atoms with van der Waals surface area (Å²) in [6, 6.07) is 2.60. The fraction of sp³-hybridized carbons (Fsp3) is 0.278. The van der Waals surface area contributed by atoms with Crippen molar-refractivity contribution in [3.63, 3.8) is 0 Å². The van der Waals surface area contributed by atoms with Crippen molar-refractivity contribution in [2.75, 3.05) is 13.2 Å². The van der Waals surface area contributed by atoms with Gasteiger partial charge in [0.25, 0.3) is 5.56 Å². The third kappa shape index (κ3) is 5.08. The van der Waals surface area contributed by atoms with Crippen LogP contribution in [0.5, 0.6) is 0 Å². The fourth-order valence-electron chi connectivity index (χ4n) is 2.07. The Hall–Kier alpha value is -2.89. The first kappa shape index (κ1) is 17.5. The molecule has 0 saturated carbocycles. The van der Waals surface area contributed by atoms with Gasteiger partial charge in [-0.25, -0.2) is 4.79 Å². The summed E-state index contributed by atoms with van der Waals surface area (Å²) >= 11 is 0. The Labute approximate surface area is 139 Å². The third-order valence-electron chi connectivity index (χ3n) is 3.24. The number of esters is 2. The number of carbonyl (C=O) groups is 2. The number of aromatic nitrogens is 1. The number of hydrogen-bond acceptors (Lipinski definition) is 5. The molecule has 0 amide bonds. The predicted octanol–water partition coefficient (Wildman–Crippen LogP) is 2.01. The second-order valence-corrected chi connectivity index (χ2v) is 5.07. The molecule has 6 heteroatoms. The monoisotopic (exact) mass is 329 g/mol. The van der Waals surface area contributed by atoms with Crippen LogP contribution in [-0.4, -0.2) is 29.7 Å². The molecular formula is C18H19NO5. The van der Waals surface area contributed by atoms with Crippen molar-refractivity contribution >= 4 is 11.9 Å². The van der Waals surface area contributed by atoms with Crippen LogP contribution in [0.4, 0.5) is 0 Å². The number of hydrogen-bond donors (Lipinski definition) is 0. The molecule has 0 spiro atoms. The number of allylic oxidation sites excluding steroid dienone is 4. The van der Waals surface area contributed by atoms with Crippen molar-refractivity contribution < 1.29 is 19.1 Å². The zero-order valence-electron chi connectivity index (χ0n) is 13.4. The Bertz CT molecular complexity index is 755. The normalized spacial score (nSPS) is 13.1. The zero-order valence-corrected chi connectivity index (χ0v) is 13.4. The molecule has 0 atom stereocenters. The maximum absolute atomic E-state index is 12.1. The molecule has 1 aliphatic carbocycles. The number of nitrogens with zero attached hydrogens (tertiary/aromatic N) is 1. The molecule has 0 bridgehead atoms. The van der Waals surface area contributed by atoms with Crippen molar-refractivity contribution in [3.05, 3.63) is 70.2 Å². The van der Waals surface area contributed by atoms with Crippen molar-refractivity contribution in [1.29, 1.82) is 0 Å². The van der Waals surface area contributed by atoms with E-state index in [2.05, 4.69) is 0 Å². The van der Waals surface area contributed by atoms with Crippen LogP contribution in [0, 0.1) is 0 Å². The summed E-state index contributed by atoms with van der Waals surface area (Å²) in [5, 5.41) is 0. The number of carbonyl (C=O) groups excluding carboxylic acids is 2. The highest BCUT2D eigenvalue weighted by Crippen LogP contribution is 2.07. The van der Waals surface area contributed by atoms with Gasteiger partial charge >= 0.3 is 11.9 Å². The van der Waals surface area contributed by atoms with Gasteiger partial charge in [0, 0.05) is 12.3 Å². The number of ether oxygens (including phenoxy) is 2. The number of pyridine rings is 1.